The van der Waals surface area contributed by atoms with Crippen molar-refractivity contribution in [3.05, 3.63) is 94.1 Å². The van der Waals surface area contributed by atoms with Crippen molar-refractivity contribution < 1.29 is 66.9 Å². The zero-order valence-corrected chi connectivity index (χ0v) is 25.0. The second-order valence-corrected chi connectivity index (χ2v) is 15.0. The third-order valence-electron chi connectivity index (χ3n) is 9.67. The second kappa shape index (κ2) is 10.1. The summed E-state index contributed by atoms with van der Waals surface area (Å²) in [5.41, 5.74) is 3.99. The molecule has 17 heteroatoms. The lowest BCUT2D eigenvalue weighted by molar-refractivity contribution is -0.165. The molecule has 0 saturated carbocycles. The monoisotopic (exact) mass is 696 g/mol. The van der Waals surface area contributed by atoms with Crippen molar-refractivity contribution in [3.63, 3.8) is 0 Å². The Morgan fingerprint density at radius 3 is 1.91 bits per heavy atom. The van der Waals surface area contributed by atoms with Gasteiger partial charge in [-0.3, -0.25) is 18.3 Å². The average molecular weight is 697 g/mol. The fourth-order valence-corrected chi connectivity index (χ4v) is 10.4. The van der Waals surface area contributed by atoms with Crippen LogP contribution in [0.4, 0.5) is 17.6 Å². The quantitative estimate of drug-likeness (QED) is 0.104. The molecule has 9 rings (SSSR count). The molecule has 1 N–H and O–H groups in total. The molecule has 3 aromatic carbocycles. The van der Waals surface area contributed by atoms with Gasteiger partial charge in [0.2, 0.25) is 17.4 Å². The average Bonchev–Trinajstić information content (AvgIpc) is 3.64. The van der Waals surface area contributed by atoms with E-state index in [4.69, 9.17) is 18.2 Å². The van der Waals surface area contributed by atoms with Gasteiger partial charge in [0.05, 0.1) is 5.92 Å². The SMILES string of the molecule is O=C(OC1C2OS(=O)(=O)C3C2OC1C3C(=O)Oc1c(F)c(F)c(S(=O)(=O)O)c(F)c1F)C1CC2c3ccccc3C1c1ccccc12. The van der Waals surface area contributed by atoms with Gasteiger partial charge in [-0.15, -0.1) is 0 Å². The first-order valence-corrected chi connectivity index (χ1v) is 17.1. The van der Waals surface area contributed by atoms with E-state index < -0.39 is 114 Å². The first-order valence-electron chi connectivity index (χ1n) is 14.2. The van der Waals surface area contributed by atoms with Crippen LogP contribution in [0.1, 0.15) is 40.5 Å². The van der Waals surface area contributed by atoms with Crippen molar-refractivity contribution in [1.82, 2.24) is 0 Å². The molecule has 4 bridgehead atoms. The van der Waals surface area contributed by atoms with E-state index in [0.29, 0.717) is 6.42 Å². The molecule has 3 aliphatic carbocycles. The van der Waals surface area contributed by atoms with Crippen LogP contribution in [0.25, 0.3) is 0 Å². The highest BCUT2D eigenvalue weighted by molar-refractivity contribution is 7.87. The van der Waals surface area contributed by atoms with Gasteiger partial charge in [-0.05, 0) is 28.7 Å². The number of esters is 2. The van der Waals surface area contributed by atoms with E-state index in [1.807, 2.05) is 48.5 Å². The summed E-state index contributed by atoms with van der Waals surface area (Å²) in [7, 11) is -10.4. The smallest absolute Gasteiger partial charge is 0.318 e. The summed E-state index contributed by atoms with van der Waals surface area (Å²) in [5.74, 6) is -17.9. The number of halogens is 4. The minimum absolute atomic E-state index is 0.130. The Kier molecular flexibility index (Phi) is 6.51. The van der Waals surface area contributed by atoms with E-state index >= 15 is 0 Å². The standard InChI is InChI=1S/C30H20F4O11S2/c31-18-20(33)28(46(37,38)39)21(34)19(32)23(18)43-30(36)17-22-24(25-26(42-22)27(17)47(40,41)45-25)44-29(35)15-9-14-10-5-1-3-7-12(10)16(15)13-8-4-2-6-11(13)14/h1-8,14-17,22,24-27H,9H2,(H,37,38,39). The molecule has 246 valence electrons. The number of carbonyl (C=O) groups is 2. The van der Waals surface area contributed by atoms with Gasteiger partial charge in [0, 0.05) is 11.8 Å². The topological polar surface area (TPSA) is 160 Å². The molecule has 3 aromatic rings. The van der Waals surface area contributed by atoms with E-state index in [2.05, 4.69) is 4.74 Å². The normalized spacial score (nSPS) is 32.1. The maximum absolute atomic E-state index is 14.7. The molecule has 11 nitrogen and oxygen atoms in total. The fourth-order valence-electron chi connectivity index (χ4n) is 7.89. The van der Waals surface area contributed by atoms with Gasteiger partial charge in [-0.2, -0.15) is 25.6 Å². The summed E-state index contributed by atoms with van der Waals surface area (Å²) in [6.07, 6.45) is -5.43. The van der Waals surface area contributed by atoms with Crippen LogP contribution in [-0.2, 0) is 43.5 Å². The third kappa shape index (κ3) is 4.19. The summed E-state index contributed by atoms with van der Waals surface area (Å²) >= 11 is 0. The van der Waals surface area contributed by atoms with E-state index in [0.717, 1.165) is 22.3 Å². The van der Waals surface area contributed by atoms with Gasteiger partial charge >= 0.3 is 22.1 Å². The number of carbonyl (C=O) groups excluding carboxylic acids is 2. The summed E-state index contributed by atoms with van der Waals surface area (Å²) in [6.45, 7) is 0. The molecule has 0 aromatic heterocycles. The first-order chi connectivity index (χ1) is 22.2. The van der Waals surface area contributed by atoms with Crippen LogP contribution in [0.15, 0.2) is 53.4 Å². The highest BCUT2D eigenvalue weighted by atomic mass is 32.2. The van der Waals surface area contributed by atoms with Crippen molar-refractivity contribution in [3.8, 4) is 5.75 Å². The molecule has 0 spiro atoms. The Morgan fingerprint density at radius 2 is 1.36 bits per heavy atom. The number of fused-ring (bicyclic) bond motifs is 2. The lowest BCUT2D eigenvalue weighted by Crippen LogP contribution is -2.51. The van der Waals surface area contributed by atoms with Crippen LogP contribution in [-0.4, -0.2) is 63.0 Å². The zero-order chi connectivity index (χ0) is 33.3. The molecule has 0 radical (unpaired) electrons. The lowest BCUT2D eigenvalue weighted by Gasteiger charge is -2.44. The number of rotatable bonds is 5. The maximum atomic E-state index is 14.7. The molecule has 7 atom stereocenters. The Morgan fingerprint density at radius 1 is 0.809 bits per heavy atom. The number of ether oxygens (including phenoxy) is 3. The maximum Gasteiger partial charge on any atom is 0.318 e. The highest BCUT2D eigenvalue weighted by Gasteiger charge is 2.74. The van der Waals surface area contributed by atoms with Gasteiger partial charge in [0.1, 0.15) is 29.5 Å². The molecule has 7 unspecified atom stereocenters. The number of hydrogen-bond donors (Lipinski definition) is 1. The highest BCUT2D eigenvalue weighted by Crippen LogP contribution is 2.57. The van der Waals surface area contributed by atoms with Crippen LogP contribution in [0.2, 0.25) is 0 Å². The molecule has 3 aliphatic heterocycles. The number of hydrogen-bond acceptors (Lipinski definition) is 10. The van der Waals surface area contributed by atoms with E-state index in [9.17, 15) is 44.0 Å². The van der Waals surface area contributed by atoms with Crippen molar-refractivity contribution in [2.75, 3.05) is 0 Å². The predicted molar refractivity (Wildman–Crippen MR) is 146 cm³/mol. The van der Waals surface area contributed by atoms with Crippen molar-refractivity contribution in [2.24, 2.45) is 11.8 Å². The second-order valence-electron chi connectivity index (χ2n) is 12.0. The summed E-state index contributed by atoms with van der Waals surface area (Å²) in [6, 6.07) is 15.3. The van der Waals surface area contributed by atoms with Crippen LogP contribution in [0, 0.1) is 35.1 Å². The van der Waals surface area contributed by atoms with Crippen LogP contribution >= 0.6 is 0 Å². The molecule has 3 saturated heterocycles. The lowest BCUT2D eigenvalue weighted by atomic mass is 9.59. The van der Waals surface area contributed by atoms with Crippen molar-refractivity contribution in [1.29, 1.82) is 0 Å². The van der Waals surface area contributed by atoms with Crippen LogP contribution in [0.3, 0.4) is 0 Å². The van der Waals surface area contributed by atoms with E-state index in [1.165, 1.54) is 0 Å². The van der Waals surface area contributed by atoms with Crippen LogP contribution in [0.5, 0.6) is 5.75 Å². The molecule has 0 amide bonds. The third-order valence-corrected chi connectivity index (χ3v) is 12.3. The van der Waals surface area contributed by atoms with Gasteiger partial charge < -0.3 is 14.2 Å². The van der Waals surface area contributed by atoms with Gasteiger partial charge in [-0.25, -0.2) is 8.78 Å². The van der Waals surface area contributed by atoms with E-state index in [-0.39, 0.29) is 5.92 Å². The first kappa shape index (κ1) is 30.4. The summed E-state index contributed by atoms with van der Waals surface area (Å²) in [4.78, 5) is 24.8. The van der Waals surface area contributed by atoms with Gasteiger partial charge in [-0.1, -0.05) is 48.5 Å². The Hall–Kier alpha value is -3.90. The molecule has 3 heterocycles. The predicted octanol–water partition coefficient (Wildman–Crippen LogP) is 3.10. The molecular weight excluding hydrogens is 676 g/mol. The minimum Gasteiger partial charge on any atom is -0.456 e. The van der Waals surface area contributed by atoms with Crippen LogP contribution < -0.4 is 4.74 Å². The summed E-state index contributed by atoms with van der Waals surface area (Å²) in [5, 5.41) is -1.79. The Balaban J connectivity index is 1.10. The number of benzene rings is 3. The molecule has 6 aliphatic rings. The largest absolute Gasteiger partial charge is 0.456 e. The fraction of sp³-hybridized carbons (Fsp3) is 0.333. The van der Waals surface area contributed by atoms with Gasteiger partial charge in [0.15, 0.2) is 22.6 Å². The minimum atomic E-state index is -5.80. The Bertz CT molecular complexity index is 2060. The van der Waals surface area contributed by atoms with Crippen molar-refractivity contribution >= 4 is 32.2 Å². The van der Waals surface area contributed by atoms with Crippen molar-refractivity contribution in [2.45, 2.75) is 52.8 Å². The zero-order valence-electron chi connectivity index (χ0n) is 23.4. The molecule has 47 heavy (non-hydrogen) atoms. The Labute approximate surface area is 263 Å². The summed E-state index contributed by atoms with van der Waals surface area (Å²) < 4.78 is 137. The van der Waals surface area contributed by atoms with E-state index in [1.54, 1.807) is 0 Å². The molecule has 3 fully saturated rings. The molecular formula is C30H20F4O11S2. The van der Waals surface area contributed by atoms with Gasteiger partial charge in [0.25, 0.3) is 10.1 Å².